The fourth-order valence-electron chi connectivity index (χ4n) is 3.79. The van der Waals surface area contributed by atoms with Gasteiger partial charge >= 0.3 is 6.18 Å². The monoisotopic (exact) mass is 514 g/mol. The van der Waals surface area contributed by atoms with E-state index < -0.39 is 28.9 Å². The van der Waals surface area contributed by atoms with Crippen LogP contribution in [0.1, 0.15) is 25.1 Å². The average molecular weight is 515 g/mol. The first-order valence-corrected chi connectivity index (χ1v) is 11.1. The summed E-state index contributed by atoms with van der Waals surface area (Å²) in [4.78, 5) is 36.4. The van der Waals surface area contributed by atoms with Gasteiger partial charge in [0, 0.05) is 32.8 Å². The predicted octanol–water partition coefficient (Wildman–Crippen LogP) is 1.90. The van der Waals surface area contributed by atoms with Crippen LogP contribution in [0.2, 0.25) is 5.02 Å². The van der Waals surface area contributed by atoms with Gasteiger partial charge in [0.1, 0.15) is 12.0 Å². The van der Waals surface area contributed by atoms with Gasteiger partial charge in [-0.25, -0.2) is 15.1 Å². The molecule has 0 radical (unpaired) electrons. The Kier molecular flexibility index (Phi) is 7.21. The molecule has 11 nitrogen and oxygen atoms in total. The van der Waals surface area contributed by atoms with E-state index in [-0.39, 0.29) is 31.1 Å². The number of anilines is 1. The first kappa shape index (κ1) is 24.9. The summed E-state index contributed by atoms with van der Waals surface area (Å²) >= 11 is 5.80. The molecule has 3 aromatic rings. The van der Waals surface area contributed by atoms with Crippen LogP contribution >= 0.6 is 11.6 Å². The van der Waals surface area contributed by atoms with Gasteiger partial charge in [0.2, 0.25) is 11.9 Å². The van der Waals surface area contributed by atoms with Crippen molar-refractivity contribution in [3.63, 3.8) is 0 Å². The second-order valence-corrected chi connectivity index (χ2v) is 8.45. The second kappa shape index (κ2) is 10.2. The standard InChI is InChI=1S/C20H22ClF3N8O3/c1-12(32-14-10-27-28-18(34)16(14)17(29-32)20(22,23)24)2-7-35-11-15(33)30-3-5-31(6-4-30)19-25-8-13(21)9-26-19/h8-10,12H,2-7,11H2,1H3,(H,28,34). The van der Waals surface area contributed by atoms with Crippen molar-refractivity contribution in [1.29, 1.82) is 0 Å². The molecule has 1 unspecified atom stereocenters. The number of piperazine rings is 1. The third-order valence-electron chi connectivity index (χ3n) is 5.64. The van der Waals surface area contributed by atoms with Crippen LogP contribution in [0.15, 0.2) is 23.4 Å². The number of aromatic nitrogens is 6. The van der Waals surface area contributed by atoms with Gasteiger partial charge in [0.15, 0.2) is 5.69 Å². The quantitative estimate of drug-likeness (QED) is 0.474. The van der Waals surface area contributed by atoms with Crippen molar-refractivity contribution in [1.82, 2.24) is 34.8 Å². The molecule has 1 N–H and O–H groups in total. The molecule has 4 heterocycles. The third-order valence-corrected chi connectivity index (χ3v) is 5.84. The number of nitrogens with one attached hydrogen (secondary N) is 1. The van der Waals surface area contributed by atoms with E-state index in [4.69, 9.17) is 16.3 Å². The van der Waals surface area contributed by atoms with Crippen LogP contribution < -0.4 is 10.5 Å². The van der Waals surface area contributed by atoms with E-state index in [2.05, 4.69) is 20.2 Å². The van der Waals surface area contributed by atoms with E-state index in [9.17, 15) is 22.8 Å². The maximum Gasteiger partial charge on any atom is 0.435 e. The Bertz CT molecular complexity index is 1240. The molecule has 35 heavy (non-hydrogen) atoms. The van der Waals surface area contributed by atoms with E-state index in [0.717, 1.165) is 10.9 Å². The molecule has 3 aromatic heterocycles. The summed E-state index contributed by atoms with van der Waals surface area (Å²) in [7, 11) is 0. The molecule has 0 aliphatic carbocycles. The number of carbonyl (C=O) groups excluding carboxylic acids is 1. The van der Waals surface area contributed by atoms with Crippen LogP contribution in [0, 0.1) is 0 Å². The van der Waals surface area contributed by atoms with Gasteiger partial charge in [-0.1, -0.05) is 11.6 Å². The lowest BCUT2D eigenvalue weighted by atomic mass is 10.2. The molecule has 0 spiro atoms. The van der Waals surface area contributed by atoms with Gasteiger partial charge in [-0.2, -0.15) is 23.4 Å². The minimum Gasteiger partial charge on any atom is -0.372 e. The molecular formula is C20H22ClF3N8O3. The zero-order valence-electron chi connectivity index (χ0n) is 18.6. The zero-order chi connectivity index (χ0) is 25.2. The number of hydrogen-bond donors (Lipinski definition) is 1. The Morgan fingerprint density at radius 1 is 1.20 bits per heavy atom. The van der Waals surface area contributed by atoms with Gasteiger partial charge in [0.25, 0.3) is 5.56 Å². The Balaban J connectivity index is 1.28. The number of alkyl halides is 3. The molecule has 0 aromatic carbocycles. The Morgan fingerprint density at radius 3 is 2.54 bits per heavy atom. The number of halogens is 4. The fraction of sp³-hybridized carbons (Fsp3) is 0.500. The molecule has 4 rings (SSSR count). The molecule has 1 saturated heterocycles. The molecule has 188 valence electrons. The van der Waals surface area contributed by atoms with Crippen LogP contribution in [0.4, 0.5) is 19.1 Å². The second-order valence-electron chi connectivity index (χ2n) is 8.01. The number of fused-ring (bicyclic) bond motifs is 1. The lowest BCUT2D eigenvalue weighted by molar-refractivity contribution is -0.140. The number of nitrogens with zero attached hydrogens (tertiary/aromatic N) is 7. The Labute approximate surface area is 201 Å². The topological polar surface area (TPSA) is 122 Å². The first-order valence-electron chi connectivity index (χ1n) is 10.8. The summed E-state index contributed by atoms with van der Waals surface area (Å²) in [5.41, 5.74) is -2.24. The zero-order valence-corrected chi connectivity index (χ0v) is 19.4. The molecule has 0 saturated carbocycles. The van der Waals surface area contributed by atoms with Crippen LogP contribution in [0.5, 0.6) is 0 Å². The number of H-pyrrole nitrogens is 1. The maximum absolute atomic E-state index is 13.4. The minimum atomic E-state index is -4.79. The Hall–Kier alpha value is -3.26. The fourth-order valence-corrected chi connectivity index (χ4v) is 3.89. The van der Waals surface area contributed by atoms with Crippen molar-refractivity contribution < 1.29 is 22.7 Å². The summed E-state index contributed by atoms with van der Waals surface area (Å²) < 4.78 is 46.7. The molecule has 1 aliphatic heterocycles. The van der Waals surface area contributed by atoms with Crippen LogP contribution in [0.25, 0.3) is 10.9 Å². The molecule has 0 bridgehead atoms. The summed E-state index contributed by atoms with van der Waals surface area (Å²) in [6, 6.07) is -0.532. The van der Waals surface area contributed by atoms with Crippen LogP contribution in [-0.4, -0.2) is 80.1 Å². The largest absolute Gasteiger partial charge is 0.435 e. The van der Waals surface area contributed by atoms with Crippen molar-refractivity contribution in [3.8, 4) is 0 Å². The van der Waals surface area contributed by atoms with E-state index in [1.165, 1.54) is 12.4 Å². The summed E-state index contributed by atoms with van der Waals surface area (Å²) in [5, 5.41) is 9.11. The SMILES string of the molecule is CC(CCOCC(=O)N1CCN(c2ncc(Cl)cn2)CC1)n1nc(C(F)(F)F)c2c(=O)[nH]ncc21. The number of rotatable bonds is 7. The number of ether oxygens (including phenoxy) is 1. The number of amides is 1. The van der Waals surface area contributed by atoms with E-state index in [0.29, 0.717) is 37.1 Å². The van der Waals surface area contributed by atoms with Crippen molar-refractivity contribution in [2.45, 2.75) is 25.6 Å². The van der Waals surface area contributed by atoms with Crippen LogP contribution in [-0.2, 0) is 15.7 Å². The molecule has 1 aliphatic rings. The van der Waals surface area contributed by atoms with Crippen molar-refractivity contribution in [3.05, 3.63) is 39.7 Å². The number of aromatic amines is 1. The summed E-state index contributed by atoms with van der Waals surface area (Å²) in [6.07, 6.45) is -0.351. The van der Waals surface area contributed by atoms with Gasteiger partial charge in [-0.15, -0.1) is 0 Å². The highest BCUT2D eigenvalue weighted by Gasteiger charge is 2.38. The summed E-state index contributed by atoms with van der Waals surface area (Å²) in [6.45, 7) is 3.69. The molecule has 1 fully saturated rings. The van der Waals surface area contributed by atoms with Gasteiger partial charge in [0.05, 0.1) is 35.2 Å². The van der Waals surface area contributed by atoms with Crippen LogP contribution in [0.3, 0.4) is 0 Å². The maximum atomic E-state index is 13.4. The smallest absolute Gasteiger partial charge is 0.372 e. The Morgan fingerprint density at radius 2 is 1.89 bits per heavy atom. The van der Waals surface area contributed by atoms with E-state index in [1.54, 1.807) is 11.8 Å². The predicted molar refractivity (Wildman–Crippen MR) is 119 cm³/mol. The van der Waals surface area contributed by atoms with Gasteiger partial charge in [-0.3, -0.25) is 14.3 Å². The highest BCUT2D eigenvalue weighted by atomic mass is 35.5. The van der Waals surface area contributed by atoms with Gasteiger partial charge in [-0.05, 0) is 13.3 Å². The lowest BCUT2D eigenvalue weighted by Gasteiger charge is -2.34. The third kappa shape index (κ3) is 5.53. The van der Waals surface area contributed by atoms with Crippen molar-refractivity contribution in [2.24, 2.45) is 0 Å². The van der Waals surface area contributed by atoms with E-state index >= 15 is 0 Å². The van der Waals surface area contributed by atoms with Crippen molar-refractivity contribution >= 4 is 34.4 Å². The first-order chi connectivity index (χ1) is 16.6. The highest BCUT2D eigenvalue weighted by molar-refractivity contribution is 6.30. The molecule has 1 amide bonds. The van der Waals surface area contributed by atoms with Gasteiger partial charge < -0.3 is 14.5 Å². The normalized spacial score (nSPS) is 15.6. The van der Waals surface area contributed by atoms with E-state index in [1.807, 2.05) is 10.00 Å². The minimum absolute atomic E-state index is 0.0211. The highest BCUT2D eigenvalue weighted by Crippen LogP contribution is 2.33. The average Bonchev–Trinajstić information content (AvgIpc) is 3.24. The lowest BCUT2D eigenvalue weighted by Crippen LogP contribution is -2.50. The number of carbonyl (C=O) groups is 1. The molecule has 15 heteroatoms. The number of hydrogen-bond acceptors (Lipinski definition) is 8. The molecular weight excluding hydrogens is 493 g/mol. The van der Waals surface area contributed by atoms with Crippen molar-refractivity contribution in [2.75, 3.05) is 44.3 Å². The summed E-state index contributed by atoms with van der Waals surface area (Å²) in [5.74, 6) is 0.359. The molecule has 1 atom stereocenters.